The first-order chi connectivity index (χ1) is 61.4. The molecular weight excluding hydrogens is 1480 g/mol. The van der Waals surface area contributed by atoms with Crippen molar-refractivity contribution in [2.75, 3.05) is 9.80 Å². The van der Waals surface area contributed by atoms with E-state index in [1.807, 2.05) is 0 Å². The average molecular weight is 1580 g/mol. The van der Waals surface area contributed by atoms with E-state index in [-0.39, 0.29) is 49.0 Å². The van der Waals surface area contributed by atoms with Gasteiger partial charge >= 0.3 is 0 Å². The lowest BCUT2D eigenvalue weighted by Gasteiger charge is -2.47. The number of aromatic nitrogens is 2. The summed E-state index contributed by atoms with van der Waals surface area (Å²) in [5.74, 6) is -0.614. The van der Waals surface area contributed by atoms with Gasteiger partial charge in [-0.3, -0.25) is 0 Å². The van der Waals surface area contributed by atoms with Crippen molar-refractivity contribution in [2.45, 2.75) is 117 Å². The minimum atomic E-state index is -0.614. The maximum Gasteiger partial charge on any atom is 0.0991 e. The molecule has 6 heteroatoms. The minimum Gasteiger partial charge on any atom is -0.309 e. The van der Waals surface area contributed by atoms with Gasteiger partial charge in [0.15, 0.2) is 0 Å². The Kier molecular flexibility index (Phi) is 14.9. The monoisotopic (exact) mass is 1580 g/mol. The quantitative estimate of drug-likeness (QED) is 0.145. The fraction of sp³-hybridized carbons (Fsp3) is 0.157. The second-order valence-electron chi connectivity index (χ2n) is 37.4. The number of para-hydroxylation sites is 1. The van der Waals surface area contributed by atoms with Crippen molar-refractivity contribution in [3.63, 3.8) is 0 Å². The van der Waals surface area contributed by atoms with E-state index in [2.05, 4.69) is 389 Å². The average Bonchev–Trinajstić information content (AvgIpc) is 1.10. The number of nitrogens with zero attached hydrogens (tertiary/aromatic N) is 5. The highest BCUT2D eigenvalue weighted by atomic mass is 32.1. The van der Waals surface area contributed by atoms with Crippen LogP contribution in [0.4, 0.5) is 34.1 Å². The van der Waals surface area contributed by atoms with Gasteiger partial charge in [0, 0.05) is 81.1 Å². The van der Waals surface area contributed by atoms with Crippen LogP contribution in [0.3, 0.4) is 0 Å². The molecule has 2 aliphatic heterocycles. The van der Waals surface area contributed by atoms with Gasteiger partial charge in [0.2, 0.25) is 0 Å². The van der Waals surface area contributed by atoms with Crippen molar-refractivity contribution in [3.8, 4) is 84.2 Å². The molecule has 0 saturated carbocycles. The number of rotatable bonds is 9. The Morgan fingerprint density at radius 1 is 0.347 bits per heavy atom. The molecule has 16 aromatic carbocycles. The summed E-state index contributed by atoms with van der Waals surface area (Å²) in [4.78, 5) is 5.05. The van der Waals surface area contributed by atoms with Crippen LogP contribution >= 0.6 is 11.3 Å². The first-order valence-electron chi connectivity index (χ1n) is 45.7. The van der Waals surface area contributed by atoms with Gasteiger partial charge in [-0.2, -0.15) is 5.26 Å². The summed E-state index contributed by atoms with van der Waals surface area (Å²) in [6.45, 7) is 27.5. The highest BCUT2D eigenvalue weighted by Crippen LogP contribution is 2.67. The molecule has 1 atom stereocenters. The molecule has 0 N–H and O–H groups in total. The summed E-state index contributed by atoms with van der Waals surface area (Å²) in [7, 11) is 0. The van der Waals surface area contributed by atoms with Gasteiger partial charge in [0.25, 0.3) is 0 Å². The molecule has 5 heterocycles. The Balaban J connectivity index is 0.999. The molecule has 0 spiro atoms. The molecule has 3 aromatic heterocycles. The predicted octanol–water partition coefficient (Wildman–Crippen LogP) is 32.0. The lowest BCUT2D eigenvalue weighted by atomic mass is 9.73. The van der Waals surface area contributed by atoms with Gasteiger partial charge < -0.3 is 18.9 Å². The molecule has 1 unspecified atom stereocenters. The normalized spacial score (nSPS) is 14.6. The topological polar surface area (TPSA) is 40.1 Å². The Morgan fingerprint density at radius 3 is 1.51 bits per heavy atom. The summed E-state index contributed by atoms with van der Waals surface area (Å²) >= 11 is 1.78. The van der Waals surface area contributed by atoms with E-state index in [1.54, 1.807) is 15.9 Å². The number of benzene rings is 16. The Hall–Kier alpha value is -13.6. The van der Waals surface area contributed by atoms with Gasteiger partial charge in [-0.15, -0.1) is 11.3 Å². The zero-order chi connectivity index (χ0) is 88.5. The largest absolute Gasteiger partial charge is 0.309 e. The highest BCUT2D eigenvalue weighted by molar-refractivity contribution is 7.26. The van der Waals surface area contributed by atoms with Crippen LogP contribution in [0.2, 0.25) is 0 Å². The smallest absolute Gasteiger partial charge is 0.0991 e. The number of anilines is 6. The standard InChI is InChI=1S/C115H93N5S/c1-112(2,3)78-47-53-96-91(62-78)92-63-79(113(4,5)6)48-54-97(92)117(96)82-49-50-86-99(64-82)120(111-89(71-33-19-14-20-34-71)67-103-108(87-42-28-30-44-102(87)121-103)106(111)73-37-23-16-24-38-73)101-66-83(118-94-43-29-27-41-85(94)90-55-69(68-116)45-51-95(90)118)65-100-109(101)107(86)93-59-74(76-57-80(114(7,8)9)61-81(58-76)115(10,11)12)46-52-98(93)119(100)110-88(70-31-17-13-18-32-70)60-77-56-75-39-25-26-40-84(75)104(77)105(110)72-35-21-15-22-36-72/h13-55,57-67,107H,56H2,1-12H3/i27D,29D,41D,43D,45D,51D,55D. The number of nitriles is 1. The summed E-state index contributed by atoms with van der Waals surface area (Å²) in [5.41, 5.74) is 29.7. The third kappa shape index (κ3) is 11.7. The van der Waals surface area contributed by atoms with Gasteiger partial charge in [-0.1, -0.05) is 307 Å². The van der Waals surface area contributed by atoms with Crippen LogP contribution < -0.4 is 9.80 Å². The van der Waals surface area contributed by atoms with Crippen LogP contribution in [0.15, 0.2) is 327 Å². The van der Waals surface area contributed by atoms with Gasteiger partial charge in [0.05, 0.1) is 83.1 Å². The summed E-state index contributed by atoms with van der Waals surface area (Å²) in [5, 5.41) is 15.5. The van der Waals surface area contributed by atoms with Crippen molar-refractivity contribution in [1.29, 1.82) is 5.26 Å². The lowest BCUT2D eigenvalue weighted by Crippen LogP contribution is -2.30. The van der Waals surface area contributed by atoms with Crippen molar-refractivity contribution >= 4 is 109 Å². The fourth-order valence-electron chi connectivity index (χ4n) is 19.7. The van der Waals surface area contributed by atoms with Crippen molar-refractivity contribution in [1.82, 2.24) is 9.13 Å². The maximum absolute atomic E-state index is 11.1. The predicted molar refractivity (Wildman–Crippen MR) is 513 cm³/mol. The van der Waals surface area contributed by atoms with Crippen LogP contribution in [-0.2, 0) is 28.1 Å². The molecule has 0 radical (unpaired) electrons. The zero-order valence-electron chi connectivity index (χ0n) is 77.1. The zero-order valence-corrected chi connectivity index (χ0v) is 70.9. The van der Waals surface area contributed by atoms with Crippen LogP contribution in [0.25, 0.3) is 142 Å². The molecule has 22 rings (SSSR count). The third-order valence-electron chi connectivity index (χ3n) is 25.7. The second kappa shape index (κ2) is 27.2. The number of fused-ring (bicyclic) bond motifs is 16. The van der Waals surface area contributed by atoms with E-state index < -0.39 is 48.2 Å². The van der Waals surface area contributed by atoms with Crippen LogP contribution in [0, 0.1) is 11.3 Å². The lowest BCUT2D eigenvalue weighted by molar-refractivity contribution is 0.569. The van der Waals surface area contributed by atoms with E-state index >= 15 is 0 Å². The molecule has 3 aliphatic rings. The molecular formula is C115H93N5S. The van der Waals surface area contributed by atoms with E-state index in [0.29, 0.717) is 12.1 Å². The maximum atomic E-state index is 11.1. The first kappa shape index (κ1) is 66.3. The number of thiophene rings is 1. The first-order valence-corrected chi connectivity index (χ1v) is 43.0. The molecule has 0 saturated heterocycles. The van der Waals surface area contributed by atoms with Gasteiger partial charge in [-0.05, 0) is 220 Å². The highest BCUT2D eigenvalue weighted by Gasteiger charge is 2.46. The molecule has 19 aromatic rings. The van der Waals surface area contributed by atoms with Crippen molar-refractivity contribution < 1.29 is 9.60 Å². The summed E-state index contributed by atoms with van der Waals surface area (Å²) < 4.78 is 76.9. The van der Waals surface area contributed by atoms with E-state index in [4.69, 9.17) is 0 Å². The third-order valence-corrected chi connectivity index (χ3v) is 26.9. The minimum absolute atomic E-state index is 0.00320. The van der Waals surface area contributed by atoms with E-state index in [9.17, 15) is 14.9 Å². The molecule has 5 nitrogen and oxygen atoms in total. The SMILES string of the molecule is [2H]c1c([2H])c([2H])c2c(c1[2H])c1c([2H])c(C#N)c([2H])c([2H])c1n2-c1cc2c3c(c1)N(c1c(-c4ccccc4)cc4sc5ccccc5c4c1-c1ccccc1)c1cc(-n4c5ccc(C(C)(C)C)cc5c5cc(C(C)(C)C)ccc54)ccc1C3c1cc(-c3cc(C(C)(C)C)cc(C(C)(C)C)c3)ccc1N2c1c(-c2ccccc2)cc2c(c1-c1ccccc1)-c1ccccc1C2. The Morgan fingerprint density at radius 2 is 0.884 bits per heavy atom. The Bertz CT molecular complexity index is 7940. The Labute approximate surface area is 722 Å². The van der Waals surface area contributed by atoms with Crippen LogP contribution in [0.5, 0.6) is 0 Å². The molecule has 0 amide bonds. The molecule has 0 bridgehead atoms. The molecule has 121 heavy (non-hydrogen) atoms. The molecule has 584 valence electrons. The molecule has 0 fully saturated rings. The van der Waals surface area contributed by atoms with Crippen molar-refractivity contribution in [2.24, 2.45) is 0 Å². The summed E-state index contributed by atoms with van der Waals surface area (Å²) in [6, 6.07) is 104. The number of hydrogen-bond acceptors (Lipinski definition) is 4. The van der Waals surface area contributed by atoms with Crippen LogP contribution in [-0.4, -0.2) is 9.13 Å². The summed E-state index contributed by atoms with van der Waals surface area (Å²) in [6.07, 6.45) is 0.691. The van der Waals surface area contributed by atoms with Crippen molar-refractivity contribution in [3.05, 3.63) is 383 Å². The van der Waals surface area contributed by atoms with E-state index in [0.717, 1.165) is 165 Å². The van der Waals surface area contributed by atoms with Crippen LogP contribution in [0.1, 0.15) is 154 Å². The van der Waals surface area contributed by atoms with Gasteiger partial charge in [0.1, 0.15) is 0 Å². The van der Waals surface area contributed by atoms with E-state index in [1.165, 1.54) is 33.4 Å². The second-order valence-corrected chi connectivity index (χ2v) is 38.4. The van der Waals surface area contributed by atoms with Gasteiger partial charge in [-0.25, -0.2) is 0 Å². The fourth-order valence-corrected chi connectivity index (χ4v) is 20.9. The number of hydrogen-bond donors (Lipinski definition) is 0. The molecule has 1 aliphatic carbocycles.